The Balaban J connectivity index is 1.51. The normalized spacial score (nSPS) is 10.3. The van der Waals surface area contributed by atoms with Crippen molar-refractivity contribution in [1.29, 1.82) is 0 Å². The van der Waals surface area contributed by atoms with Gasteiger partial charge in [-0.2, -0.15) is 0 Å². The Bertz CT molecular complexity index is 1390. The van der Waals surface area contributed by atoms with Gasteiger partial charge >= 0.3 is 0 Å². The standard InChI is InChI=1S/C25H19ClN4O2/c1-16-9-10-19(24(31)28-29-25(32)23-17(2)6-5-7-21(23)26)14-18(16)11-12-20-15-27-22-8-3-4-13-30(20)22/h3-10,13-15H,1-2H3,(H,28,31)(H,29,32). The molecule has 7 heteroatoms. The van der Waals surface area contributed by atoms with E-state index >= 15 is 0 Å². The summed E-state index contributed by atoms with van der Waals surface area (Å²) in [6.07, 6.45) is 3.60. The summed E-state index contributed by atoms with van der Waals surface area (Å²) in [6.45, 7) is 3.69. The van der Waals surface area contributed by atoms with Crippen LogP contribution in [0.5, 0.6) is 0 Å². The molecule has 0 aliphatic rings. The van der Waals surface area contributed by atoms with Gasteiger partial charge in [-0.25, -0.2) is 4.98 Å². The average Bonchev–Trinajstić information content (AvgIpc) is 3.20. The number of hydrogen-bond acceptors (Lipinski definition) is 3. The first-order chi connectivity index (χ1) is 15.4. The van der Waals surface area contributed by atoms with Gasteiger partial charge in [-0.05, 0) is 61.2 Å². The molecule has 0 aliphatic heterocycles. The molecule has 2 N–H and O–H groups in total. The van der Waals surface area contributed by atoms with Gasteiger partial charge in [0.15, 0.2) is 0 Å². The van der Waals surface area contributed by atoms with Crippen molar-refractivity contribution in [2.24, 2.45) is 0 Å². The summed E-state index contributed by atoms with van der Waals surface area (Å²) < 4.78 is 1.89. The number of rotatable bonds is 2. The predicted molar refractivity (Wildman–Crippen MR) is 123 cm³/mol. The van der Waals surface area contributed by atoms with Crippen molar-refractivity contribution in [3.63, 3.8) is 0 Å². The molecule has 0 spiro atoms. The molecule has 2 aromatic heterocycles. The fraction of sp³-hybridized carbons (Fsp3) is 0.0800. The molecule has 0 saturated carbocycles. The summed E-state index contributed by atoms with van der Waals surface area (Å²) in [6, 6.07) is 16.1. The second-order valence-electron chi connectivity index (χ2n) is 7.19. The van der Waals surface area contributed by atoms with Crippen molar-refractivity contribution < 1.29 is 9.59 Å². The molecule has 4 aromatic rings. The Morgan fingerprint density at radius 1 is 0.938 bits per heavy atom. The lowest BCUT2D eigenvalue weighted by molar-refractivity contribution is 0.0846. The summed E-state index contributed by atoms with van der Waals surface area (Å²) in [5.74, 6) is 5.28. The van der Waals surface area contributed by atoms with Gasteiger partial charge in [0.1, 0.15) is 11.3 Å². The average molecular weight is 443 g/mol. The van der Waals surface area contributed by atoms with Crippen LogP contribution >= 0.6 is 11.6 Å². The molecule has 0 bridgehead atoms. The molecule has 0 atom stereocenters. The molecular weight excluding hydrogens is 424 g/mol. The Hall–Kier alpha value is -4.08. The van der Waals surface area contributed by atoms with Crippen LogP contribution in [0.15, 0.2) is 67.0 Å². The van der Waals surface area contributed by atoms with E-state index in [0.29, 0.717) is 27.3 Å². The zero-order valence-electron chi connectivity index (χ0n) is 17.4. The van der Waals surface area contributed by atoms with E-state index in [4.69, 9.17) is 11.6 Å². The number of pyridine rings is 1. The summed E-state index contributed by atoms with van der Waals surface area (Å²) in [5.41, 5.74) is 9.44. The van der Waals surface area contributed by atoms with Crippen LogP contribution in [-0.2, 0) is 0 Å². The van der Waals surface area contributed by atoms with Crippen LogP contribution in [0.3, 0.4) is 0 Å². The van der Waals surface area contributed by atoms with Gasteiger partial charge < -0.3 is 0 Å². The zero-order chi connectivity index (χ0) is 22.7. The van der Waals surface area contributed by atoms with Crippen LogP contribution < -0.4 is 10.9 Å². The summed E-state index contributed by atoms with van der Waals surface area (Å²) in [4.78, 5) is 29.4. The maximum absolute atomic E-state index is 12.6. The van der Waals surface area contributed by atoms with E-state index in [1.165, 1.54) is 0 Å². The highest BCUT2D eigenvalue weighted by atomic mass is 35.5. The minimum absolute atomic E-state index is 0.317. The Morgan fingerprint density at radius 2 is 1.75 bits per heavy atom. The molecule has 2 amide bonds. The number of nitrogens with zero attached hydrogens (tertiary/aromatic N) is 2. The molecule has 0 saturated heterocycles. The Morgan fingerprint density at radius 3 is 2.56 bits per heavy atom. The highest BCUT2D eigenvalue weighted by Crippen LogP contribution is 2.19. The monoisotopic (exact) mass is 442 g/mol. The smallest absolute Gasteiger partial charge is 0.271 e. The predicted octanol–water partition coefficient (Wildman–Crippen LogP) is 4.08. The SMILES string of the molecule is Cc1ccc(C(=O)NNC(=O)c2c(C)cccc2Cl)cc1C#Cc1cnc2ccccn12. The van der Waals surface area contributed by atoms with Crippen molar-refractivity contribution in [2.75, 3.05) is 0 Å². The molecule has 6 nitrogen and oxygen atoms in total. The number of benzene rings is 2. The number of carbonyl (C=O) groups excluding carboxylic acids is 2. The van der Waals surface area contributed by atoms with E-state index in [9.17, 15) is 9.59 Å². The van der Waals surface area contributed by atoms with Crippen molar-refractivity contribution in [1.82, 2.24) is 20.2 Å². The minimum Gasteiger partial charge on any atom is -0.293 e. The highest BCUT2D eigenvalue weighted by Gasteiger charge is 2.15. The van der Waals surface area contributed by atoms with Crippen LogP contribution in [0.1, 0.15) is 43.1 Å². The van der Waals surface area contributed by atoms with E-state index in [-0.39, 0.29) is 0 Å². The first-order valence-electron chi connectivity index (χ1n) is 9.84. The summed E-state index contributed by atoms with van der Waals surface area (Å²) in [7, 11) is 0. The summed E-state index contributed by atoms with van der Waals surface area (Å²) in [5, 5.41) is 0.317. The first kappa shape index (κ1) is 21.2. The number of amides is 2. The van der Waals surface area contributed by atoms with Crippen molar-refractivity contribution >= 4 is 29.1 Å². The van der Waals surface area contributed by atoms with E-state index in [1.807, 2.05) is 41.8 Å². The lowest BCUT2D eigenvalue weighted by Gasteiger charge is -2.11. The van der Waals surface area contributed by atoms with E-state index in [2.05, 4.69) is 27.7 Å². The number of imidazole rings is 1. The minimum atomic E-state index is -0.485. The molecule has 0 unspecified atom stereocenters. The van der Waals surface area contributed by atoms with Gasteiger partial charge in [-0.15, -0.1) is 0 Å². The van der Waals surface area contributed by atoms with Gasteiger partial charge in [-0.1, -0.05) is 41.8 Å². The molecule has 0 fully saturated rings. The van der Waals surface area contributed by atoms with E-state index < -0.39 is 11.8 Å². The lowest BCUT2D eigenvalue weighted by Crippen LogP contribution is -2.42. The maximum atomic E-state index is 12.6. The number of aromatic nitrogens is 2. The van der Waals surface area contributed by atoms with Crippen LogP contribution in [-0.4, -0.2) is 21.2 Å². The topological polar surface area (TPSA) is 75.5 Å². The number of hydrogen-bond donors (Lipinski definition) is 2. The Labute approximate surface area is 190 Å². The van der Waals surface area contributed by atoms with Gasteiger partial charge in [0.2, 0.25) is 0 Å². The van der Waals surface area contributed by atoms with Crippen LogP contribution in [0.4, 0.5) is 0 Å². The third kappa shape index (κ3) is 4.34. The molecule has 32 heavy (non-hydrogen) atoms. The van der Waals surface area contributed by atoms with E-state index in [0.717, 1.165) is 16.9 Å². The van der Waals surface area contributed by atoms with Gasteiger partial charge in [0.25, 0.3) is 11.8 Å². The fourth-order valence-corrected chi connectivity index (χ4v) is 3.53. The number of aryl methyl sites for hydroxylation is 2. The van der Waals surface area contributed by atoms with Crippen molar-refractivity contribution in [3.8, 4) is 11.8 Å². The molecular formula is C25H19ClN4O2. The van der Waals surface area contributed by atoms with Crippen molar-refractivity contribution in [3.05, 3.63) is 106 Å². The molecule has 2 heterocycles. The number of fused-ring (bicyclic) bond motifs is 1. The molecule has 0 radical (unpaired) electrons. The second-order valence-corrected chi connectivity index (χ2v) is 7.60. The van der Waals surface area contributed by atoms with Crippen LogP contribution in [0.2, 0.25) is 5.02 Å². The van der Waals surface area contributed by atoms with E-state index in [1.54, 1.807) is 43.5 Å². The summed E-state index contributed by atoms with van der Waals surface area (Å²) >= 11 is 6.11. The number of carbonyl (C=O) groups is 2. The fourth-order valence-electron chi connectivity index (χ4n) is 3.22. The largest absolute Gasteiger partial charge is 0.293 e. The molecule has 0 aliphatic carbocycles. The first-order valence-corrected chi connectivity index (χ1v) is 10.2. The van der Waals surface area contributed by atoms with Crippen molar-refractivity contribution in [2.45, 2.75) is 13.8 Å². The van der Waals surface area contributed by atoms with Crippen LogP contribution in [0.25, 0.3) is 5.65 Å². The maximum Gasteiger partial charge on any atom is 0.271 e. The number of hydrazine groups is 1. The van der Waals surface area contributed by atoms with Gasteiger partial charge in [0.05, 0.1) is 16.8 Å². The Kier molecular flexibility index (Phi) is 5.93. The molecule has 4 rings (SSSR count). The zero-order valence-corrected chi connectivity index (χ0v) is 18.2. The van der Waals surface area contributed by atoms with Gasteiger partial charge in [-0.3, -0.25) is 24.8 Å². The molecule has 158 valence electrons. The lowest BCUT2D eigenvalue weighted by atomic mass is 10.0. The quantitative estimate of drug-likeness (QED) is 0.363. The van der Waals surface area contributed by atoms with Crippen LogP contribution in [0, 0.1) is 25.7 Å². The van der Waals surface area contributed by atoms with Gasteiger partial charge in [0, 0.05) is 17.3 Å². The third-order valence-electron chi connectivity index (χ3n) is 4.98. The number of nitrogens with one attached hydrogen (secondary N) is 2. The third-order valence-corrected chi connectivity index (χ3v) is 5.30. The second kappa shape index (κ2) is 8.96. The molecule has 2 aromatic carbocycles. The number of halogens is 1. The highest BCUT2D eigenvalue weighted by molar-refractivity contribution is 6.34.